The molecule has 1 aromatic heterocycles. The summed E-state index contributed by atoms with van der Waals surface area (Å²) in [4.78, 5) is 2.40. The van der Waals surface area contributed by atoms with Gasteiger partial charge >= 0.3 is 0 Å². The summed E-state index contributed by atoms with van der Waals surface area (Å²) >= 11 is 3.53. The predicted octanol–water partition coefficient (Wildman–Crippen LogP) is 3.55. The standard InChI is InChI=1S/C14H23BrN2O/c1-10-3-5-11(6-4-10)17(2)13(9-16)14-12(15)7-8-18-14/h7-8,10-11,13H,3-6,9,16H2,1-2H3. The SMILES string of the molecule is CC1CCC(N(C)C(CN)c2occc2Br)CC1. The number of hydrogen-bond donors (Lipinski definition) is 1. The van der Waals surface area contributed by atoms with Gasteiger partial charge in [-0.15, -0.1) is 0 Å². The topological polar surface area (TPSA) is 42.4 Å². The molecule has 1 aromatic rings. The Morgan fingerprint density at radius 1 is 1.44 bits per heavy atom. The van der Waals surface area contributed by atoms with Gasteiger partial charge in [0.25, 0.3) is 0 Å². The van der Waals surface area contributed by atoms with Gasteiger partial charge < -0.3 is 10.2 Å². The molecule has 1 aliphatic rings. The summed E-state index contributed by atoms with van der Waals surface area (Å²) in [5.41, 5.74) is 5.95. The lowest BCUT2D eigenvalue weighted by molar-refractivity contribution is 0.113. The van der Waals surface area contributed by atoms with Crippen LogP contribution < -0.4 is 5.73 Å². The lowest BCUT2D eigenvalue weighted by Gasteiger charge is -2.37. The summed E-state index contributed by atoms with van der Waals surface area (Å²) in [5.74, 6) is 1.83. The van der Waals surface area contributed by atoms with Gasteiger partial charge in [0.15, 0.2) is 0 Å². The van der Waals surface area contributed by atoms with Gasteiger partial charge in [-0.2, -0.15) is 0 Å². The molecule has 2 rings (SSSR count). The summed E-state index contributed by atoms with van der Waals surface area (Å²) in [6.45, 7) is 2.94. The molecule has 1 aliphatic carbocycles. The molecule has 3 nitrogen and oxygen atoms in total. The molecule has 1 heterocycles. The summed E-state index contributed by atoms with van der Waals surface area (Å²) in [6, 6.07) is 2.74. The normalized spacial score (nSPS) is 26.5. The van der Waals surface area contributed by atoms with Crippen LogP contribution >= 0.6 is 15.9 Å². The summed E-state index contributed by atoms with van der Waals surface area (Å²) < 4.78 is 6.60. The van der Waals surface area contributed by atoms with Gasteiger partial charge in [-0.05, 0) is 60.6 Å². The number of nitrogens with two attached hydrogens (primary N) is 1. The first-order valence-electron chi connectivity index (χ1n) is 6.78. The van der Waals surface area contributed by atoms with Crippen LogP contribution in [0.15, 0.2) is 21.2 Å². The van der Waals surface area contributed by atoms with E-state index in [9.17, 15) is 0 Å². The van der Waals surface area contributed by atoms with Crippen LogP contribution in [0.4, 0.5) is 0 Å². The van der Waals surface area contributed by atoms with Gasteiger partial charge in [-0.25, -0.2) is 0 Å². The van der Waals surface area contributed by atoms with Crippen molar-refractivity contribution in [3.63, 3.8) is 0 Å². The number of furan rings is 1. The molecule has 4 heteroatoms. The highest BCUT2D eigenvalue weighted by atomic mass is 79.9. The smallest absolute Gasteiger partial charge is 0.136 e. The van der Waals surface area contributed by atoms with Crippen LogP contribution in [0.3, 0.4) is 0 Å². The minimum Gasteiger partial charge on any atom is -0.466 e. The molecular weight excluding hydrogens is 292 g/mol. The molecule has 2 N–H and O–H groups in total. The van der Waals surface area contributed by atoms with Crippen LogP contribution in [-0.2, 0) is 0 Å². The Kier molecular flexibility index (Phi) is 4.87. The summed E-state index contributed by atoms with van der Waals surface area (Å²) in [6.07, 6.45) is 6.91. The van der Waals surface area contributed by atoms with Crippen molar-refractivity contribution < 1.29 is 4.42 Å². The molecule has 1 saturated carbocycles. The second kappa shape index (κ2) is 6.22. The van der Waals surface area contributed by atoms with Crippen molar-refractivity contribution >= 4 is 15.9 Å². The molecule has 0 spiro atoms. The monoisotopic (exact) mass is 314 g/mol. The van der Waals surface area contributed by atoms with Crippen molar-refractivity contribution in [2.45, 2.75) is 44.7 Å². The van der Waals surface area contributed by atoms with Crippen molar-refractivity contribution in [3.8, 4) is 0 Å². The molecule has 18 heavy (non-hydrogen) atoms. The zero-order valence-electron chi connectivity index (χ0n) is 11.2. The van der Waals surface area contributed by atoms with Crippen LogP contribution in [0, 0.1) is 5.92 Å². The Labute approximate surface area is 118 Å². The van der Waals surface area contributed by atoms with Crippen LogP contribution in [-0.4, -0.2) is 24.5 Å². The molecule has 0 saturated heterocycles. The maximum Gasteiger partial charge on any atom is 0.136 e. The maximum absolute atomic E-state index is 5.95. The second-order valence-electron chi connectivity index (χ2n) is 5.46. The average Bonchev–Trinajstić information content (AvgIpc) is 2.78. The quantitative estimate of drug-likeness (QED) is 0.924. The van der Waals surface area contributed by atoms with E-state index in [0.29, 0.717) is 12.6 Å². The van der Waals surface area contributed by atoms with Crippen molar-refractivity contribution in [1.29, 1.82) is 0 Å². The van der Waals surface area contributed by atoms with Gasteiger partial charge in [-0.1, -0.05) is 6.92 Å². The van der Waals surface area contributed by atoms with Crippen LogP contribution in [0.5, 0.6) is 0 Å². The Balaban J connectivity index is 2.06. The molecule has 1 atom stereocenters. The van der Waals surface area contributed by atoms with Gasteiger partial charge in [-0.3, -0.25) is 4.90 Å². The van der Waals surface area contributed by atoms with Gasteiger partial charge in [0.1, 0.15) is 5.76 Å². The van der Waals surface area contributed by atoms with Crippen molar-refractivity contribution in [1.82, 2.24) is 4.90 Å². The van der Waals surface area contributed by atoms with Gasteiger partial charge in [0.2, 0.25) is 0 Å². The van der Waals surface area contributed by atoms with Crippen LogP contribution in [0.2, 0.25) is 0 Å². The third-order valence-electron chi connectivity index (χ3n) is 4.22. The molecule has 0 aliphatic heterocycles. The van der Waals surface area contributed by atoms with E-state index in [1.165, 1.54) is 25.7 Å². The third kappa shape index (κ3) is 2.98. The Morgan fingerprint density at radius 2 is 2.11 bits per heavy atom. The molecule has 0 amide bonds. The van der Waals surface area contributed by atoms with Crippen molar-refractivity contribution in [2.75, 3.05) is 13.6 Å². The highest BCUT2D eigenvalue weighted by Crippen LogP contribution is 2.33. The largest absolute Gasteiger partial charge is 0.466 e. The van der Waals surface area contributed by atoms with Gasteiger partial charge in [0.05, 0.1) is 16.8 Å². The summed E-state index contributed by atoms with van der Waals surface area (Å²) in [5, 5.41) is 0. The highest BCUT2D eigenvalue weighted by Gasteiger charge is 2.29. The van der Waals surface area contributed by atoms with Gasteiger partial charge in [0, 0.05) is 12.6 Å². The minimum absolute atomic E-state index is 0.174. The van der Waals surface area contributed by atoms with Crippen LogP contribution in [0.25, 0.3) is 0 Å². The first kappa shape index (κ1) is 14.1. The minimum atomic E-state index is 0.174. The van der Waals surface area contributed by atoms with E-state index < -0.39 is 0 Å². The molecule has 1 unspecified atom stereocenters. The van der Waals surface area contributed by atoms with Crippen molar-refractivity contribution in [3.05, 3.63) is 22.6 Å². The Morgan fingerprint density at radius 3 is 2.61 bits per heavy atom. The number of rotatable bonds is 4. The lowest BCUT2D eigenvalue weighted by atomic mass is 9.86. The second-order valence-corrected chi connectivity index (χ2v) is 6.32. The fraction of sp³-hybridized carbons (Fsp3) is 0.714. The highest BCUT2D eigenvalue weighted by molar-refractivity contribution is 9.10. The Bertz CT molecular complexity index is 372. The first-order chi connectivity index (χ1) is 8.63. The fourth-order valence-corrected chi connectivity index (χ4v) is 3.37. The predicted molar refractivity (Wildman–Crippen MR) is 77.4 cm³/mol. The van der Waals surface area contributed by atoms with E-state index in [0.717, 1.165) is 16.2 Å². The van der Waals surface area contributed by atoms with E-state index in [4.69, 9.17) is 10.2 Å². The maximum atomic E-state index is 5.95. The number of likely N-dealkylation sites (N-methyl/N-ethyl adjacent to an activating group) is 1. The molecule has 0 aromatic carbocycles. The van der Waals surface area contributed by atoms with E-state index in [2.05, 4.69) is 34.8 Å². The van der Waals surface area contributed by atoms with E-state index in [-0.39, 0.29) is 6.04 Å². The van der Waals surface area contributed by atoms with Crippen LogP contribution in [0.1, 0.15) is 44.4 Å². The lowest BCUT2D eigenvalue weighted by Crippen LogP contribution is -2.40. The van der Waals surface area contributed by atoms with E-state index >= 15 is 0 Å². The first-order valence-corrected chi connectivity index (χ1v) is 7.57. The van der Waals surface area contributed by atoms with E-state index in [1.54, 1.807) is 6.26 Å². The third-order valence-corrected chi connectivity index (χ3v) is 4.88. The average molecular weight is 315 g/mol. The molecular formula is C14H23BrN2O. The summed E-state index contributed by atoms with van der Waals surface area (Å²) in [7, 11) is 2.17. The zero-order chi connectivity index (χ0) is 13.1. The Hall–Kier alpha value is -0.320. The molecule has 1 fully saturated rings. The molecule has 102 valence electrons. The molecule has 0 radical (unpaired) electrons. The van der Waals surface area contributed by atoms with Crippen molar-refractivity contribution in [2.24, 2.45) is 11.7 Å². The number of hydrogen-bond acceptors (Lipinski definition) is 3. The number of nitrogens with zero attached hydrogens (tertiary/aromatic N) is 1. The van der Waals surface area contributed by atoms with E-state index in [1.807, 2.05) is 6.07 Å². The zero-order valence-corrected chi connectivity index (χ0v) is 12.8. The number of halogens is 1. The molecule has 0 bridgehead atoms. The fourth-order valence-electron chi connectivity index (χ4n) is 2.91.